The highest BCUT2D eigenvalue weighted by Gasteiger charge is 2.36. The Balaban J connectivity index is 1.95. The highest BCUT2D eigenvalue weighted by atomic mass is 16.6. The molecule has 0 radical (unpaired) electrons. The van der Waals surface area contributed by atoms with Crippen LogP contribution in [-0.2, 0) is 16.1 Å². The molecule has 1 atom stereocenters. The van der Waals surface area contributed by atoms with Gasteiger partial charge in [0, 0.05) is 13.1 Å². The summed E-state index contributed by atoms with van der Waals surface area (Å²) in [6.07, 6.45) is 1.09. The molecular formula is C18H26N2O3. The monoisotopic (exact) mass is 318 g/mol. The summed E-state index contributed by atoms with van der Waals surface area (Å²) in [4.78, 5) is 26.2. The summed E-state index contributed by atoms with van der Waals surface area (Å²) in [6, 6.07) is 7.51. The van der Waals surface area contributed by atoms with E-state index >= 15 is 0 Å². The summed E-state index contributed by atoms with van der Waals surface area (Å²) < 4.78 is 5.39. The predicted molar refractivity (Wildman–Crippen MR) is 89.0 cm³/mol. The predicted octanol–water partition coefficient (Wildman–Crippen LogP) is 3.01. The van der Waals surface area contributed by atoms with E-state index < -0.39 is 17.7 Å². The average Bonchev–Trinajstić information content (AvgIpc) is 2.94. The molecule has 1 aromatic carbocycles. The van der Waals surface area contributed by atoms with E-state index in [2.05, 4.69) is 5.32 Å². The van der Waals surface area contributed by atoms with Crippen LogP contribution < -0.4 is 5.32 Å². The zero-order chi connectivity index (χ0) is 17.0. The van der Waals surface area contributed by atoms with Crippen molar-refractivity contribution in [1.82, 2.24) is 10.2 Å². The Hall–Kier alpha value is -2.04. The Labute approximate surface area is 138 Å². The molecule has 23 heavy (non-hydrogen) atoms. The maximum atomic E-state index is 12.4. The van der Waals surface area contributed by atoms with Gasteiger partial charge in [-0.05, 0) is 51.7 Å². The van der Waals surface area contributed by atoms with Gasteiger partial charge >= 0.3 is 6.09 Å². The molecule has 2 rings (SSSR count). The number of ether oxygens (including phenoxy) is 1. The third-order valence-electron chi connectivity index (χ3n) is 3.90. The van der Waals surface area contributed by atoms with E-state index in [9.17, 15) is 9.59 Å². The lowest BCUT2D eigenvalue weighted by molar-refractivity contribution is -0.125. The fraction of sp³-hybridized carbons (Fsp3) is 0.556. The van der Waals surface area contributed by atoms with Crippen LogP contribution in [-0.4, -0.2) is 35.1 Å². The Bertz CT molecular complexity index is 578. The number of aryl methyl sites for hydroxylation is 1. The number of nitrogens with zero attached hydrogens (tertiary/aromatic N) is 1. The SMILES string of the molecule is Cc1ccccc1CNC(=O)[C@@H]1CCCN1C(=O)OC(C)(C)C. The summed E-state index contributed by atoms with van der Waals surface area (Å²) in [5, 5.41) is 2.94. The Morgan fingerprint density at radius 3 is 2.65 bits per heavy atom. The lowest BCUT2D eigenvalue weighted by Crippen LogP contribution is -2.47. The van der Waals surface area contributed by atoms with Crippen molar-refractivity contribution in [2.75, 3.05) is 6.54 Å². The second-order valence-corrected chi connectivity index (χ2v) is 6.98. The molecule has 0 saturated carbocycles. The Kier molecular flexibility index (Phi) is 5.29. The van der Waals surface area contributed by atoms with Gasteiger partial charge in [0.05, 0.1) is 0 Å². The number of rotatable bonds is 3. The number of carbonyl (C=O) groups excluding carboxylic acids is 2. The molecule has 0 aromatic heterocycles. The molecule has 5 heteroatoms. The van der Waals surface area contributed by atoms with Crippen molar-refractivity contribution in [3.63, 3.8) is 0 Å². The molecular weight excluding hydrogens is 292 g/mol. The van der Waals surface area contributed by atoms with E-state index in [0.29, 0.717) is 19.5 Å². The van der Waals surface area contributed by atoms with Gasteiger partial charge in [-0.3, -0.25) is 9.69 Å². The molecule has 1 aliphatic rings. The minimum Gasteiger partial charge on any atom is -0.444 e. The highest BCUT2D eigenvalue weighted by molar-refractivity contribution is 5.86. The van der Waals surface area contributed by atoms with Crippen LogP contribution in [0.5, 0.6) is 0 Å². The average molecular weight is 318 g/mol. The van der Waals surface area contributed by atoms with Gasteiger partial charge in [-0.15, -0.1) is 0 Å². The molecule has 2 amide bonds. The maximum absolute atomic E-state index is 12.4. The molecule has 1 aliphatic heterocycles. The number of amides is 2. The molecule has 0 spiro atoms. The van der Waals surface area contributed by atoms with Gasteiger partial charge < -0.3 is 10.1 Å². The van der Waals surface area contributed by atoms with Gasteiger partial charge in [0.25, 0.3) is 0 Å². The third-order valence-corrected chi connectivity index (χ3v) is 3.90. The number of carbonyl (C=O) groups is 2. The molecule has 5 nitrogen and oxygen atoms in total. The molecule has 126 valence electrons. The zero-order valence-corrected chi connectivity index (χ0v) is 14.4. The van der Waals surface area contributed by atoms with Crippen molar-refractivity contribution in [3.8, 4) is 0 Å². The molecule has 0 aliphatic carbocycles. The van der Waals surface area contributed by atoms with Crippen molar-refractivity contribution in [3.05, 3.63) is 35.4 Å². The number of benzene rings is 1. The molecule has 0 unspecified atom stereocenters. The van der Waals surface area contributed by atoms with Gasteiger partial charge in [-0.1, -0.05) is 24.3 Å². The summed E-state index contributed by atoms with van der Waals surface area (Å²) in [5.41, 5.74) is 1.67. The fourth-order valence-corrected chi connectivity index (χ4v) is 2.69. The van der Waals surface area contributed by atoms with E-state index in [1.807, 2.05) is 52.0 Å². The normalized spacial score (nSPS) is 17.9. The summed E-state index contributed by atoms with van der Waals surface area (Å²) in [5.74, 6) is -0.114. The quantitative estimate of drug-likeness (QED) is 0.932. The van der Waals surface area contributed by atoms with Gasteiger partial charge in [-0.2, -0.15) is 0 Å². The third kappa shape index (κ3) is 4.71. The van der Waals surface area contributed by atoms with Crippen LogP contribution in [0.25, 0.3) is 0 Å². The number of likely N-dealkylation sites (tertiary alicyclic amines) is 1. The van der Waals surface area contributed by atoms with E-state index in [0.717, 1.165) is 17.5 Å². The van der Waals surface area contributed by atoms with E-state index in [1.165, 1.54) is 0 Å². The summed E-state index contributed by atoms with van der Waals surface area (Å²) in [7, 11) is 0. The molecule has 1 saturated heterocycles. The first-order chi connectivity index (χ1) is 10.8. The fourth-order valence-electron chi connectivity index (χ4n) is 2.69. The Morgan fingerprint density at radius 1 is 1.30 bits per heavy atom. The van der Waals surface area contributed by atoms with Crippen molar-refractivity contribution in [2.45, 2.75) is 58.7 Å². The van der Waals surface area contributed by atoms with Crippen LogP contribution >= 0.6 is 0 Å². The van der Waals surface area contributed by atoms with Gasteiger partial charge in [0.15, 0.2) is 0 Å². The lowest BCUT2D eigenvalue weighted by atomic mass is 10.1. The first kappa shape index (κ1) is 17.3. The smallest absolute Gasteiger partial charge is 0.410 e. The van der Waals surface area contributed by atoms with Crippen LogP contribution in [0.4, 0.5) is 4.79 Å². The number of hydrogen-bond acceptors (Lipinski definition) is 3. The molecule has 0 bridgehead atoms. The standard InChI is InChI=1S/C18H26N2O3/c1-13-8-5-6-9-14(13)12-19-16(21)15-10-7-11-20(15)17(22)23-18(2,3)4/h5-6,8-9,15H,7,10-12H2,1-4H3,(H,19,21)/t15-/m0/s1. The topological polar surface area (TPSA) is 58.6 Å². The van der Waals surface area contributed by atoms with Crippen molar-refractivity contribution in [2.24, 2.45) is 0 Å². The van der Waals surface area contributed by atoms with Crippen LogP contribution in [0.15, 0.2) is 24.3 Å². The minimum absolute atomic E-state index is 0.114. The highest BCUT2D eigenvalue weighted by Crippen LogP contribution is 2.21. The van der Waals surface area contributed by atoms with Crippen molar-refractivity contribution >= 4 is 12.0 Å². The maximum Gasteiger partial charge on any atom is 0.410 e. The number of hydrogen-bond donors (Lipinski definition) is 1. The largest absolute Gasteiger partial charge is 0.444 e. The second kappa shape index (κ2) is 7.02. The first-order valence-electron chi connectivity index (χ1n) is 8.10. The molecule has 1 N–H and O–H groups in total. The molecule has 1 fully saturated rings. The zero-order valence-electron chi connectivity index (χ0n) is 14.4. The first-order valence-corrected chi connectivity index (χ1v) is 8.10. The van der Waals surface area contributed by atoms with Crippen LogP contribution in [0.3, 0.4) is 0 Å². The summed E-state index contributed by atoms with van der Waals surface area (Å²) in [6.45, 7) is 8.54. The second-order valence-electron chi connectivity index (χ2n) is 6.98. The van der Waals surface area contributed by atoms with Crippen molar-refractivity contribution < 1.29 is 14.3 Å². The molecule has 1 aromatic rings. The van der Waals surface area contributed by atoms with Crippen LogP contribution in [0, 0.1) is 6.92 Å². The van der Waals surface area contributed by atoms with E-state index in [-0.39, 0.29) is 5.91 Å². The minimum atomic E-state index is -0.554. The van der Waals surface area contributed by atoms with Gasteiger partial charge in [0.2, 0.25) is 5.91 Å². The van der Waals surface area contributed by atoms with Gasteiger partial charge in [-0.25, -0.2) is 4.79 Å². The van der Waals surface area contributed by atoms with Crippen molar-refractivity contribution in [1.29, 1.82) is 0 Å². The van der Waals surface area contributed by atoms with Crippen LogP contribution in [0.1, 0.15) is 44.7 Å². The Morgan fingerprint density at radius 2 is 2.00 bits per heavy atom. The lowest BCUT2D eigenvalue weighted by Gasteiger charge is -2.28. The van der Waals surface area contributed by atoms with Crippen LogP contribution in [0.2, 0.25) is 0 Å². The molecule has 1 heterocycles. The van der Waals surface area contributed by atoms with Gasteiger partial charge in [0.1, 0.15) is 11.6 Å². The summed E-state index contributed by atoms with van der Waals surface area (Å²) >= 11 is 0. The van der Waals surface area contributed by atoms with E-state index in [1.54, 1.807) is 4.90 Å². The number of nitrogens with one attached hydrogen (secondary N) is 1. The van der Waals surface area contributed by atoms with E-state index in [4.69, 9.17) is 4.74 Å².